The summed E-state index contributed by atoms with van der Waals surface area (Å²) in [6.07, 6.45) is -0.706. The molecular formula is C16H17ClF3N3. The number of halogens is 4. The van der Waals surface area contributed by atoms with Crippen molar-refractivity contribution in [3.63, 3.8) is 0 Å². The Morgan fingerprint density at radius 2 is 2.13 bits per heavy atom. The number of rotatable bonds is 4. The highest BCUT2D eigenvalue weighted by Crippen LogP contribution is 2.36. The number of unbranched alkanes of at least 4 members (excludes halogenated alkanes) is 1. The quantitative estimate of drug-likeness (QED) is 0.859. The van der Waals surface area contributed by atoms with E-state index in [1.54, 1.807) is 0 Å². The van der Waals surface area contributed by atoms with Crippen LogP contribution < -0.4 is 5.32 Å². The number of hydrogen-bond donors (Lipinski definition) is 1. The molecule has 0 bridgehead atoms. The fraction of sp³-hybridized carbons (Fsp3) is 0.438. The molecular weight excluding hydrogens is 327 g/mol. The molecule has 0 spiro atoms. The van der Waals surface area contributed by atoms with Gasteiger partial charge in [0.25, 0.3) is 0 Å². The number of nitrogens with one attached hydrogen (secondary N) is 1. The summed E-state index contributed by atoms with van der Waals surface area (Å²) in [4.78, 5) is 0. The van der Waals surface area contributed by atoms with Gasteiger partial charge < -0.3 is 5.32 Å². The van der Waals surface area contributed by atoms with Gasteiger partial charge in [-0.2, -0.15) is 18.3 Å². The molecule has 23 heavy (non-hydrogen) atoms. The van der Waals surface area contributed by atoms with Crippen molar-refractivity contribution in [1.82, 2.24) is 9.78 Å². The lowest BCUT2D eigenvalue weighted by molar-refractivity contribution is -0.137. The van der Waals surface area contributed by atoms with Crippen LogP contribution in [-0.4, -0.2) is 16.3 Å². The van der Waals surface area contributed by atoms with Crippen LogP contribution >= 0.6 is 11.6 Å². The fourth-order valence-corrected chi connectivity index (χ4v) is 3.01. The monoisotopic (exact) mass is 343 g/mol. The van der Waals surface area contributed by atoms with Crippen molar-refractivity contribution in [2.75, 3.05) is 11.9 Å². The van der Waals surface area contributed by atoms with Crippen LogP contribution in [0.4, 0.5) is 19.0 Å². The third kappa shape index (κ3) is 3.04. The van der Waals surface area contributed by atoms with E-state index in [9.17, 15) is 13.2 Å². The molecule has 0 amide bonds. The van der Waals surface area contributed by atoms with Crippen molar-refractivity contribution in [2.45, 2.75) is 38.8 Å². The highest BCUT2D eigenvalue weighted by atomic mass is 35.5. The SMILES string of the molecule is CCCCc1nn(-c2cc(C(F)(F)F)ccc2Cl)c2c1CCN2. The maximum Gasteiger partial charge on any atom is 0.416 e. The summed E-state index contributed by atoms with van der Waals surface area (Å²) < 4.78 is 40.4. The van der Waals surface area contributed by atoms with Crippen molar-refractivity contribution >= 4 is 17.4 Å². The van der Waals surface area contributed by atoms with Crippen LogP contribution in [0.15, 0.2) is 18.2 Å². The normalized spacial score (nSPS) is 14.0. The molecule has 7 heteroatoms. The van der Waals surface area contributed by atoms with Gasteiger partial charge in [-0.05, 0) is 37.5 Å². The first kappa shape index (κ1) is 16.2. The van der Waals surface area contributed by atoms with Crippen molar-refractivity contribution in [3.05, 3.63) is 40.0 Å². The lowest BCUT2D eigenvalue weighted by atomic mass is 10.1. The molecule has 3 rings (SSSR count). The molecule has 0 fully saturated rings. The molecule has 1 aliphatic heterocycles. The molecule has 0 unspecified atom stereocenters. The van der Waals surface area contributed by atoms with Crippen molar-refractivity contribution in [3.8, 4) is 5.69 Å². The summed E-state index contributed by atoms with van der Waals surface area (Å²) in [6, 6.07) is 3.31. The highest BCUT2D eigenvalue weighted by Gasteiger charge is 2.32. The van der Waals surface area contributed by atoms with E-state index < -0.39 is 11.7 Å². The topological polar surface area (TPSA) is 29.9 Å². The molecule has 0 radical (unpaired) electrons. The van der Waals surface area contributed by atoms with Crippen LogP contribution in [-0.2, 0) is 19.0 Å². The number of benzene rings is 1. The third-order valence-electron chi connectivity index (χ3n) is 4.00. The maximum absolute atomic E-state index is 13.0. The molecule has 3 nitrogen and oxygen atoms in total. The Kier molecular flexibility index (Phi) is 4.27. The lowest BCUT2D eigenvalue weighted by Gasteiger charge is -2.12. The van der Waals surface area contributed by atoms with Gasteiger partial charge >= 0.3 is 6.18 Å². The van der Waals surface area contributed by atoms with E-state index in [4.69, 9.17) is 11.6 Å². The molecule has 0 saturated carbocycles. The number of aryl methyl sites for hydroxylation is 1. The second-order valence-electron chi connectivity index (χ2n) is 5.63. The van der Waals surface area contributed by atoms with Crippen LogP contribution in [0.25, 0.3) is 5.69 Å². The second kappa shape index (κ2) is 6.07. The van der Waals surface area contributed by atoms with Gasteiger partial charge in [0.05, 0.1) is 22.0 Å². The minimum Gasteiger partial charge on any atom is -0.369 e. The summed E-state index contributed by atoms with van der Waals surface area (Å²) in [5.41, 5.74) is 1.57. The smallest absolute Gasteiger partial charge is 0.369 e. The number of hydrogen-bond acceptors (Lipinski definition) is 2. The van der Waals surface area contributed by atoms with E-state index in [2.05, 4.69) is 17.3 Å². The lowest BCUT2D eigenvalue weighted by Crippen LogP contribution is -2.09. The van der Waals surface area contributed by atoms with Crippen LogP contribution in [0, 0.1) is 0 Å². The van der Waals surface area contributed by atoms with E-state index in [0.717, 1.165) is 61.4 Å². The summed E-state index contributed by atoms with van der Waals surface area (Å²) in [6.45, 7) is 2.86. The number of anilines is 1. The minimum absolute atomic E-state index is 0.249. The third-order valence-corrected chi connectivity index (χ3v) is 4.32. The molecule has 124 valence electrons. The second-order valence-corrected chi connectivity index (χ2v) is 6.04. The van der Waals surface area contributed by atoms with Gasteiger partial charge in [0.1, 0.15) is 5.82 Å². The van der Waals surface area contributed by atoms with Crippen molar-refractivity contribution in [1.29, 1.82) is 0 Å². The summed E-state index contributed by atoms with van der Waals surface area (Å²) in [7, 11) is 0. The predicted octanol–water partition coefficient (Wildman–Crippen LogP) is 4.86. The van der Waals surface area contributed by atoms with Crippen LogP contribution in [0.3, 0.4) is 0 Å². The van der Waals surface area contributed by atoms with E-state index in [1.807, 2.05) is 0 Å². The summed E-state index contributed by atoms with van der Waals surface area (Å²) in [5, 5.41) is 7.99. The Bertz CT molecular complexity index is 722. The Hall–Kier alpha value is -1.69. The molecule has 1 N–H and O–H groups in total. The van der Waals surface area contributed by atoms with Crippen LogP contribution in [0.2, 0.25) is 5.02 Å². The average Bonchev–Trinajstić information content (AvgIpc) is 3.07. The van der Waals surface area contributed by atoms with Crippen molar-refractivity contribution in [2.24, 2.45) is 0 Å². The number of aromatic nitrogens is 2. The van der Waals surface area contributed by atoms with Crippen molar-refractivity contribution < 1.29 is 13.2 Å². The molecule has 2 heterocycles. The average molecular weight is 344 g/mol. The van der Waals surface area contributed by atoms with E-state index in [0.29, 0.717) is 0 Å². The van der Waals surface area contributed by atoms with Crippen LogP contribution in [0.5, 0.6) is 0 Å². The van der Waals surface area contributed by atoms with E-state index >= 15 is 0 Å². The molecule has 0 saturated heterocycles. The molecule has 0 aliphatic carbocycles. The van der Waals surface area contributed by atoms with E-state index in [-0.39, 0.29) is 10.7 Å². The molecule has 0 atom stereocenters. The Balaban J connectivity index is 2.09. The maximum atomic E-state index is 13.0. The van der Waals surface area contributed by atoms with E-state index in [1.165, 1.54) is 10.7 Å². The number of nitrogens with zero attached hydrogens (tertiary/aromatic N) is 2. The zero-order valence-electron chi connectivity index (χ0n) is 12.7. The first-order valence-corrected chi connectivity index (χ1v) is 8.01. The summed E-state index contributed by atoms with van der Waals surface area (Å²) in [5.74, 6) is 0.761. The van der Waals surface area contributed by atoms with Gasteiger partial charge in [-0.3, -0.25) is 0 Å². The van der Waals surface area contributed by atoms with Gasteiger partial charge in [-0.25, -0.2) is 4.68 Å². The minimum atomic E-state index is -4.41. The van der Waals surface area contributed by atoms with Gasteiger partial charge in [-0.1, -0.05) is 24.9 Å². The number of fused-ring (bicyclic) bond motifs is 1. The van der Waals surface area contributed by atoms with Gasteiger partial charge in [0, 0.05) is 12.1 Å². The molecule has 2 aromatic rings. The molecule has 1 aromatic carbocycles. The zero-order valence-corrected chi connectivity index (χ0v) is 13.4. The largest absolute Gasteiger partial charge is 0.416 e. The van der Waals surface area contributed by atoms with Crippen LogP contribution in [0.1, 0.15) is 36.6 Å². The Labute approximate surface area is 137 Å². The Morgan fingerprint density at radius 3 is 2.83 bits per heavy atom. The number of alkyl halides is 3. The first-order valence-electron chi connectivity index (χ1n) is 7.63. The zero-order chi connectivity index (χ0) is 16.6. The molecule has 1 aliphatic rings. The van der Waals surface area contributed by atoms with Gasteiger partial charge in [-0.15, -0.1) is 0 Å². The predicted molar refractivity (Wildman–Crippen MR) is 84.4 cm³/mol. The first-order chi connectivity index (χ1) is 10.9. The fourth-order valence-electron chi connectivity index (χ4n) is 2.82. The van der Waals surface area contributed by atoms with Gasteiger partial charge in [0.15, 0.2) is 0 Å². The highest BCUT2D eigenvalue weighted by molar-refractivity contribution is 6.32. The standard InChI is InChI=1S/C16H17ClF3N3/c1-2-3-4-13-11-7-8-21-15(11)23(22-13)14-9-10(16(18,19)20)5-6-12(14)17/h5-6,9,21H,2-4,7-8H2,1H3. The van der Waals surface area contributed by atoms with Gasteiger partial charge in [0.2, 0.25) is 0 Å². The molecule has 1 aromatic heterocycles. The Morgan fingerprint density at radius 1 is 1.35 bits per heavy atom. The summed E-state index contributed by atoms with van der Waals surface area (Å²) >= 11 is 6.14.